The van der Waals surface area contributed by atoms with Gasteiger partial charge in [-0.25, -0.2) is 9.97 Å². The smallest absolute Gasteiger partial charge is 0.228 e. The quantitative estimate of drug-likeness (QED) is 0.530. The number of rotatable bonds is 8. The van der Waals surface area contributed by atoms with E-state index in [1.54, 1.807) is 31.6 Å². The minimum absolute atomic E-state index is 0.323. The fraction of sp³-hybridized carbons (Fsp3) is 0.320. The first-order valence-corrected chi connectivity index (χ1v) is 11.2. The zero-order chi connectivity index (χ0) is 23.7. The van der Waals surface area contributed by atoms with E-state index >= 15 is 0 Å². The molecule has 0 bridgehead atoms. The van der Waals surface area contributed by atoms with Crippen molar-refractivity contribution in [2.24, 2.45) is 5.73 Å². The van der Waals surface area contributed by atoms with E-state index in [1.807, 2.05) is 24.3 Å². The number of carbonyl (C=O) groups excluding carboxylic acids is 1. The second kappa shape index (κ2) is 8.82. The number of amides is 1. The number of hydrogen-bond donors (Lipinski definition) is 2. The third kappa shape index (κ3) is 4.21. The molecular formula is C25H25N7O2. The average molecular weight is 456 g/mol. The van der Waals surface area contributed by atoms with Crippen LogP contribution in [0.4, 0.5) is 11.6 Å². The third-order valence-electron chi connectivity index (χ3n) is 6.55. The zero-order valence-corrected chi connectivity index (χ0v) is 18.9. The van der Waals surface area contributed by atoms with Crippen molar-refractivity contribution < 1.29 is 9.53 Å². The number of nitriles is 1. The summed E-state index contributed by atoms with van der Waals surface area (Å²) < 4.78 is 5.31. The summed E-state index contributed by atoms with van der Waals surface area (Å²) in [5.74, 6) is 0.0464. The number of hydrogen-bond acceptors (Lipinski definition) is 8. The molecule has 34 heavy (non-hydrogen) atoms. The summed E-state index contributed by atoms with van der Waals surface area (Å²) in [5.41, 5.74) is 9.23. The molecule has 172 valence electrons. The minimum Gasteiger partial charge on any atom is -0.379 e. The number of anilines is 2. The van der Waals surface area contributed by atoms with Gasteiger partial charge < -0.3 is 15.8 Å². The van der Waals surface area contributed by atoms with Crippen LogP contribution in [0.25, 0.3) is 11.3 Å². The van der Waals surface area contributed by atoms with Gasteiger partial charge in [0.15, 0.2) is 0 Å². The average Bonchev–Trinajstić information content (AvgIpc) is 3.64. The molecule has 1 saturated heterocycles. The molecule has 0 radical (unpaired) electrons. The molecule has 1 saturated carbocycles. The van der Waals surface area contributed by atoms with Crippen LogP contribution >= 0.6 is 0 Å². The Balaban J connectivity index is 1.29. The van der Waals surface area contributed by atoms with Gasteiger partial charge in [-0.1, -0.05) is 12.1 Å². The van der Waals surface area contributed by atoms with E-state index in [-0.39, 0.29) is 5.91 Å². The van der Waals surface area contributed by atoms with Crippen molar-refractivity contribution in [2.75, 3.05) is 25.5 Å². The van der Waals surface area contributed by atoms with E-state index in [1.165, 1.54) is 0 Å². The Bertz CT molecular complexity index is 1260. The number of nitrogens with one attached hydrogen (secondary N) is 1. The van der Waals surface area contributed by atoms with Crippen molar-refractivity contribution >= 4 is 17.5 Å². The van der Waals surface area contributed by atoms with Crippen molar-refractivity contribution in [1.29, 1.82) is 5.26 Å². The highest BCUT2D eigenvalue weighted by atomic mass is 16.5. The van der Waals surface area contributed by atoms with Gasteiger partial charge in [-0.05, 0) is 42.7 Å². The summed E-state index contributed by atoms with van der Waals surface area (Å²) in [7, 11) is 1.74. The van der Waals surface area contributed by atoms with Gasteiger partial charge in [-0.3, -0.25) is 14.7 Å². The standard InChI is InChI=1S/C25H25N7O2/c1-34-20-14-32(15-20)13-19-4-3-18(12-29-19)30-24-28-9-6-22(31-24)16-2-5-21(17(10-16)11-26)25(7-8-25)23(27)33/h2-6,9-10,12,20H,7-8,13-15H2,1H3,(H2,27,33)(H,28,30,31). The van der Waals surface area contributed by atoms with E-state index in [0.717, 1.165) is 36.6 Å². The number of primary amides is 1. The third-order valence-corrected chi connectivity index (χ3v) is 6.55. The molecule has 2 aliphatic rings. The first-order chi connectivity index (χ1) is 16.5. The van der Waals surface area contributed by atoms with Crippen LogP contribution in [0.2, 0.25) is 0 Å². The van der Waals surface area contributed by atoms with Crippen molar-refractivity contribution in [3.63, 3.8) is 0 Å². The Morgan fingerprint density at radius 3 is 2.74 bits per heavy atom. The summed E-state index contributed by atoms with van der Waals surface area (Å²) in [5, 5.41) is 12.9. The van der Waals surface area contributed by atoms with Crippen molar-refractivity contribution in [3.8, 4) is 17.3 Å². The van der Waals surface area contributed by atoms with E-state index in [9.17, 15) is 10.1 Å². The fourth-order valence-corrected chi connectivity index (χ4v) is 4.32. The number of aromatic nitrogens is 3. The van der Waals surface area contributed by atoms with Crippen LogP contribution in [0, 0.1) is 11.3 Å². The number of pyridine rings is 1. The van der Waals surface area contributed by atoms with Gasteiger partial charge in [0, 0.05) is 38.5 Å². The van der Waals surface area contributed by atoms with Gasteiger partial charge in [0.1, 0.15) is 0 Å². The Hall–Kier alpha value is -3.87. The molecule has 5 rings (SSSR count). The van der Waals surface area contributed by atoms with Gasteiger partial charge in [0.05, 0.1) is 46.4 Å². The zero-order valence-electron chi connectivity index (χ0n) is 18.9. The molecule has 1 aliphatic heterocycles. The number of likely N-dealkylation sites (tertiary alicyclic amines) is 1. The van der Waals surface area contributed by atoms with Crippen LogP contribution in [-0.2, 0) is 21.5 Å². The molecule has 2 fully saturated rings. The summed E-state index contributed by atoms with van der Waals surface area (Å²) in [6.45, 7) is 2.65. The number of nitrogens with two attached hydrogens (primary N) is 1. The molecule has 0 atom stereocenters. The maximum Gasteiger partial charge on any atom is 0.228 e. The molecular weight excluding hydrogens is 430 g/mol. The second-order valence-corrected chi connectivity index (χ2v) is 8.80. The number of ether oxygens (including phenoxy) is 1. The number of carbonyl (C=O) groups is 1. The summed E-state index contributed by atoms with van der Waals surface area (Å²) in [6, 6.07) is 13.4. The normalized spacial score (nSPS) is 16.9. The molecule has 2 aromatic heterocycles. The van der Waals surface area contributed by atoms with Gasteiger partial charge in [0.2, 0.25) is 11.9 Å². The first-order valence-electron chi connectivity index (χ1n) is 11.2. The molecule has 3 aromatic rings. The molecule has 0 spiro atoms. The number of benzene rings is 1. The predicted molar refractivity (Wildman–Crippen MR) is 126 cm³/mol. The van der Waals surface area contributed by atoms with Gasteiger partial charge in [-0.15, -0.1) is 0 Å². The van der Waals surface area contributed by atoms with Crippen LogP contribution in [0.5, 0.6) is 0 Å². The molecule has 9 heteroatoms. The number of nitrogens with zero attached hydrogens (tertiary/aromatic N) is 5. The fourth-order valence-electron chi connectivity index (χ4n) is 4.32. The van der Waals surface area contributed by atoms with Crippen molar-refractivity contribution in [2.45, 2.75) is 30.9 Å². The molecule has 9 nitrogen and oxygen atoms in total. The second-order valence-electron chi connectivity index (χ2n) is 8.80. The Morgan fingerprint density at radius 2 is 2.09 bits per heavy atom. The van der Waals surface area contributed by atoms with E-state index < -0.39 is 5.41 Å². The van der Waals surface area contributed by atoms with E-state index in [2.05, 4.69) is 31.2 Å². The predicted octanol–water partition coefficient (Wildman–Crippen LogP) is 2.50. The Kier molecular flexibility index (Phi) is 5.69. The highest BCUT2D eigenvalue weighted by molar-refractivity contribution is 5.91. The molecule has 0 unspecified atom stereocenters. The maximum absolute atomic E-state index is 11.9. The van der Waals surface area contributed by atoms with Crippen LogP contribution in [-0.4, -0.2) is 52.1 Å². The maximum atomic E-state index is 11.9. The molecule has 1 amide bonds. The summed E-state index contributed by atoms with van der Waals surface area (Å²) in [6.07, 6.45) is 5.10. The first kappa shape index (κ1) is 21.9. The number of methoxy groups -OCH3 is 1. The minimum atomic E-state index is -0.706. The molecule has 1 aliphatic carbocycles. The molecule has 3 N–H and O–H groups in total. The van der Waals surface area contributed by atoms with Crippen LogP contribution < -0.4 is 11.1 Å². The monoisotopic (exact) mass is 455 g/mol. The van der Waals surface area contributed by atoms with Gasteiger partial charge >= 0.3 is 0 Å². The SMILES string of the molecule is COC1CN(Cc2ccc(Nc3nccc(-c4ccc(C5(C(N)=O)CC5)c(C#N)c4)n3)cn2)C1. The Labute approximate surface area is 197 Å². The Morgan fingerprint density at radius 1 is 1.26 bits per heavy atom. The largest absolute Gasteiger partial charge is 0.379 e. The van der Waals surface area contributed by atoms with Gasteiger partial charge in [0.25, 0.3) is 0 Å². The molecule has 3 heterocycles. The van der Waals surface area contributed by atoms with Crippen LogP contribution in [0.1, 0.15) is 29.7 Å². The van der Waals surface area contributed by atoms with Crippen molar-refractivity contribution in [3.05, 3.63) is 65.6 Å². The van der Waals surface area contributed by atoms with E-state index in [4.69, 9.17) is 10.5 Å². The van der Waals surface area contributed by atoms with E-state index in [0.29, 0.717) is 41.7 Å². The lowest BCUT2D eigenvalue weighted by molar-refractivity contribution is -0.120. The highest BCUT2D eigenvalue weighted by Crippen LogP contribution is 2.49. The van der Waals surface area contributed by atoms with Crippen LogP contribution in [0.15, 0.2) is 48.8 Å². The van der Waals surface area contributed by atoms with Crippen molar-refractivity contribution in [1.82, 2.24) is 19.9 Å². The summed E-state index contributed by atoms with van der Waals surface area (Å²) >= 11 is 0. The van der Waals surface area contributed by atoms with Gasteiger partial charge in [-0.2, -0.15) is 5.26 Å². The van der Waals surface area contributed by atoms with Crippen LogP contribution in [0.3, 0.4) is 0 Å². The topological polar surface area (TPSA) is 130 Å². The summed E-state index contributed by atoms with van der Waals surface area (Å²) in [4.78, 5) is 27.6. The lowest BCUT2D eigenvalue weighted by Crippen LogP contribution is -2.51. The lowest BCUT2D eigenvalue weighted by atomic mass is 9.89. The molecule has 1 aromatic carbocycles. The highest BCUT2D eigenvalue weighted by Gasteiger charge is 2.51. The lowest BCUT2D eigenvalue weighted by Gasteiger charge is -2.37.